The van der Waals surface area contributed by atoms with Crippen LogP contribution >= 0.6 is 36.2 Å². The van der Waals surface area contributed by atoms with Crippen LogP contribution in [-0.4, -0.2) is 48.0 Å². The fraction of sp³-hybridized carbons (Fsp3) is 0.526. The summed E-state index contributed by atoms with van der Waals surface area (Å²) < 4.78 is 0. The number of aromatic amines is 1. The molecule has 2 aromatic heterocycles. The molecule has 0 radical (unpaired) electrons. The Bertz CT molecular complexity index is 774. The smallest absolute Gasteiger partial charge is 0.251 e. The van der Waals surface area contributed by atoms with Gasteiger partial charge in [0, 0.05) is 45.7 Å². The predicted molar refractivity (Wildman–Crippen MR) is 116 cm³/mol. The monoisotopic (exact) mass is 417 g/mol. The van der Waals surface area contributed by atoms with Crippen LogP contribution in [0.1, 0.15) is 29.5 Å². The Kier molecular flexibility index (Phi) is 8.83. The van der Waals surface area contributed by atoms with Crippen molar-refractivity contribution in [3.05, 3.63) is 44.7 Å². The Morgan fingerprint density at radius 2 is 2.08 bits per heavy atom. The summed E-state index contributed by atoms with van der Waals surface area (Å²) in [7, 11) is 4.42. The van der Waals surface area contributed by atoms with E-state index in [1.165, 1.54) is 22.7 Å². The van der Waals surface area contributed by atoms with Gasteiger partial charge in [-0.05, 0) is 58.6 Å². The zero-order valence-corrected chi connectivity index (χ0v) is 18.3. The van der Waals surface area contributed by atoms with Crippen LogP contribution in [0.4, 0.5) is 0 Å². The minimum Gasteiger partial charge on any atom is -0.326 e. The third-order valence-electron chi connectivity index (χ3n) is 5.02. The number of thiophene rings is 1. The van der Waals surface area contributed by atoms with Crippen molar-refractivity contribution in [2.45, 2.75) is 39.3 Å². The van der Waals surface area contributed by atoms with Gasteiger partial charge >= 0.3 is 0 Å². The number of halogens is 2. The first kappa shape index (κ1) is 23.2. The first-order chi connectivity index (χ1) is 11.5. The Morgan fingerprint density at radius 1 is 1.35 bits per heavy atom. The molecule has 0 amide bonds. The molecule has 1 aliphatic rings. The average molecular weight is 418 g/mol. The molecule has 1 fully saturated rings. The summed E-state index contributed by atoms with van der Waals surface area (Å²) in [6.45, 7) is 7.36. The van der Waals surface area contributed by atoms with Crippen LogP contribution in [0.3, 0.4) is 0 Å². The topological polar surface area (TPSA) is 39.3 Å². The number of nitrogens with zero attached hydrogens (tertiary/aromatic N) is 2. The number of hydrogen-bond donors (Lipinski definition) is 1. The molecule has 4 nitrogen and oxygen atoms in total. The summed E-state index contributed by atoms with van der Waals surface area (Å²) in [5, 5.41) is 0. The van der Waals surface area contributed by atoms with Gasteiger partial charge in [0.05, 0.1) is 0 Å². The third kappa shape index (κ3) is 5.11. The molecule has 146 valence electrons. The second-order valence-corrected chi connectivity index (χ2v) is 8.07. The lowest BCUT2D eigenvalue weighted by molar-refractivity contribution is 0.236. The first-order valence-electron chi connectivity index (χ1n) is 8.68. The lowest BCUT2D eigenvalue weighted by Gasteiger charge is -2.23. The lowest BCUT2D eigenvalue weighted by Crippen LogP contribution is -2.32. The molecule has 0 spiro atoms. The van der Waals surface area contributed by atoms with E-state index >= 15 is 0 Å². The quantitative estimate of drug-likeness (QED) is 0.799. The Balaban J connectivity index is 0.00000169. The Hall–Kier alpha value is -0.850. The fourth-order valence-electron chi connectivity index (χ4n) is 3.44. The highest BCUT2D eigenvalue weighted by Gasteiger charge is 2.23. The van der Waals surface area contributed by atoms with Crippen LogP contribution in [0.5, 0.6) is 0 Å². The fourth-order valence-corrected chi connectivity index (χ4v) is 4.58. The highest BCUT2D eigenvalue weighted by molar-refractivity contribution is 7.15. The van der Waals surface area contributed by atoms with Gasteiger partial charge in [0.2, 0.25) is 0 Å². The molecule has 1 atom stereocenters. The van der Waals surface area contributed by atoms with Crippen molar-refractivity contribution in [1.29, 1.82) is 0 Å². The molecule has 0 aliphatic carbocycles. The molecule has 3 heterocycles. The molecule has 1 saturated heterocycles. The van der Waals surface area contributed by atoms with E-state index in [4.69, 9.17) is 0 Å². The first-order valence-corrected chi connectivity index (χ1v) is 9.50. The van der Waals surface area contributed by atoms with Gasteiger partial charge in [-0.2, -0.15) is 0 Å². The molecule has 2 aromatic rings. The summed E-state index contributed by atoms with van der Waals surface area (Å²) in [5.41, 5.74) is 3.01. The molecule has 3 rings (SSSR count). The second-order valence-electron chi connectivity index (χ2n) is 6.90. The van der Waals surface area contributed by atoms with Crippen molar-refractivity contribution in [2.75, 3.05) is 27.2 Å². The van der Waals surface area contributed by atoms with Gasteiger partial charge in [-0.3, -0.25) is 9.69 Å². The van der Waals surface area contributed by atoms with Gasteiger partial charge in [0.1, 0.15) is 0 Å². The molecule has 7 heteroatoms. The normalized spacial score (nSPS) is 17.2. The van der Waals surface area contributed by atoms with Crippen molar-refractivity contribution in [2.24, 2.45) is 0 Å². The largest absolute Gasteiger partial charge is 0.326 e. The summed E-state index contributed by atoms with van der Waals surface area (Å²) in [4.78, 5) is 22.4. The minimum absolute atomic E-state index is 0. The van der Waals surface area contributed by atoms with E-state index in [0.29, 0.717) is 6.04 Å². The van der Waals surface area contributed by atoms with Gasteiger partial charge in [0.25, 0.3) is 5.56 Å². The number of H-pyrrole nitrogens is 1. The van der Waals surface area contributed by atoms with E-state index in [1.807, 2.05) is 25.2 Å². The number of likely N-dealkylation sites (tertiary alicyclic amines) is 1. The van der Waals surface area contributed by atoms with E-state index in [2.05, 4.69) is 47.1 Å². The van der Waals surface area contributed by atoms with Crippen molar-refractivity contribution in [3.63, 3.8) is 0 Å². The SMILES string of the molecule is CCc1cc(-c2ccc(CN(C)C3CCN(C)C3)s2)c(C)[nH]c1=O.Cl.Cl. The van der Waals surface area contributed by atoms with Crippen LogP contribution < -0.4 is 5.56 Å². The highest BCUT2D eigenvalue weighted by atomic mass is 35.5. The van der Waals surface area contributed by atoms with Gasteiger partial charge in [-0.1, -0.05) is 6.92 Å². The molecular formula is C19H29Cl2N3OS. The summed E-state index contributed by atoms with van der Waals surface area (Å²) in [5.74, 6) is 0. The summed E-state index contributed by atoms with van der Waals surface area (Å²) >= 11 is 1.84. The molecule has 26 heavy (non-hydrogen) atoms. The number of nitrogens with one attached hydrogen (secondary N) is 1. The maximum Gasteiger partial charge on any atom is 0.251 e. The molecule has 1 aliphatic heterocycles. The zero-order chi connectivity index (χ0) is 17.3. The van der Waals surface area contributed by atoms with Crippen molar-refractivity contribution < 1.29 is 0 Å². The number of aryl methyl sites for hydroxylation is 2. The third-order valence-corrected chi connectivity index (χ3v) is 6.12. The number of likely N-dealkylation sites (N-methyl/N-ethyl adjacent to an activating group) is 2. The highest BCUT2D eigenvalue weighted by Crippen LogP contribution is 2.31. The standard InChI is InChI=1S/C19H27N3OS.2ClH/c1-5-14-10-17(13(2)20-19(14)23)18-7-6-16(24-18)12-22(4)15-8-9-21(3)11-15;;/h6-7,10,15H,5,8-9,11-12H2,1-4H3,(H,20,23);2*1H. The Morgan fingerprint density at radius 3 is 2.69 bits per heavy atom. The minimum atomic E-state index is 0. The van der Waals surface area contributed by atoms with Crippen LogP contribution in [0, 0.1) is 6.92 Å². The van der Waals surface area contributed by atoms with E-state index in [1.54, 1.807) is 0 Å². The molecule has 1 unspecified atom stereocenters. The second kappa shape index (κ2) is 9.90. The van der Waals surface area contributed by atoms with Crippen molar-refractivity contribution in [1.82, 2.24) is 14.8 Å². The maximum atomic E-state index is 11.9. The van der Waals surface area contributed by atoms with E-state index in [0.717, 1.165) is 36.3 Å². The number of aromatic nitrogens is 1. The number of rotatable bonds is 5. The van der Waals surface area contributed by atoms with Crippen LogP contribution in [0.25, 0.3) is 10.4 Å². The maximum absolute atomic E-state index is 11.9. The van der Waals surface area contributed by atoms with Gasteiger partial charge in [-0.25, -0.2) is 0 Å². The molecule has 0 bridgehead atoms. The number of hydrogen-bond acceptors (Lipinski definition) is 4. The molecule has 0 saturated carbocycles. The summed E-state index contributed by atoms with van der Waals surface area (Å²) in [6.07, 6.45) is 2.02. The molecule has 0 aromatic carbocycles. The lowest BCUT2D eigenvalue weighted by atomic mass is 10.1. The number of pyridine rings is 1. The average Bonchev–Trinajstić information content (AvgIpc) is 3.17. The van der Waals surface area contributed by atoms with Crippen molar-refractivity contribution in [3.8, 4) is 10.4 Å². The molecular weight excluding hydrogens is 389 g/mol. The molecule has 1 N–H and O–H groups in total. The van der Waals surface area contributed by atoms with Gasteiger partial charge in [-0.15, -0.1) is 36.2 Å². The predicted octanol–water partition coefficient (Wildman–Crippen LogP) is 3.95. The Labute approximate surface area is 172 Å². The van der Waals surface area contributed by atoms with Crippen LogP contribution in [-0.2, 0) is 13.0 Å². The summed E-state index contributed by atoms with van der Waals surface area (Å²) in [6, 6.07) is 7.13. The van der Waals surface area contributed by atoms with E-state index in [9.17, 15) is 4.79 Å². The van der Waals surface area contributed by atoms with Crippen LogP contribution in [0.2, 0.25) is 0 Å². The van der Waals surface area contributed by atoms with Gasteiger partial charge in [0.15, 0.2) is 0 Å². The van der Waals surface area contributed by atoms with E-state index < -0.39 is 0 Å². The van der Waals surface area contributed by atoms with Gasteiger partial charge < -0.3 is 9.88 Å². The zero-order valence-electron chi connectivity index (χ0n) is 15.9. The van der Waals surface area contributed by atoms with Crippen LogP contribution in [0.15, 0.2) is 23.0 Å². The van der Waals surface area contributed by atoms with Crippen molar-refractivity contribution >= 4 is 36.2 Å². The van der Waals surface area contributed by atoms with E-state index in [-0.39, 0.29) is 30.4 Å².